The van der Waals surface area contributed by atoms with E-state index in [1.54, 1.807) is 50.6 Å². The van der Waals surface area contributed by atoms with Crippen LogP contribution in [0.25, 0.3) is 5.76 Å². The number of rotatable bonds is 8. The Hall–Kier alpha value is -4.26. The van der Waals surface area contributed by atoms with Crippen molar-refractivity contribution in [3.63, 3.8) is 0 Å². The number of nitrogens with zero attached hydrogens (tertiary/aromatic N) is 1. The van der Waals surface area contributed by atoms with Gasteiger partial charge in [0, 0.05) is 6.54 Å². The molecule has 7 heteroatoms. The molecule has 1 fully saturated rings. The maximum Gasteiger partial charge on any atom is 0.295 e. The standard InChI is InChI=1S/C29H29NO6/c1-18-5-14-24(36-4)23(17-18)27(31)25-26(20-8-12-22(35-3)13-9-20)30(29(33)28(25)32)16-15-19-6-10-21(34-2)11-7-19/h5-14,17,26,31H,15-16H2,1-4H3/b27-25+. The van der Waals surface area contributed by atoms with Crippen molar-refractivity contribution in [2.45, 2.75) is 19.4 Å². The molecular formula is C29H29NO6. The Bertz CT molecular complexity index is 1290. The lowest BCUT2D eigenvalue weighted by atomic mass is 9.94. The van der Waals surface area contributed by atoms with Gasteiger partial charge in [-0.3, -0.25) is 9.59 Å². The molecule has 1 aliphatic rings. The smallest absolute Gasteiger partial charge is 0.295 e. The predicted octanol–water partition coefficient (Wildman–Crippen LogP) is 4.69. The minimum atomic E-state index is -0.764. The second kappa shape index (κ2) is 10.6. The number of carbonyl (C=O) groups excluding carboxylic acids is 2. The fourth-order valence-corrected chi connectivity index (χ4v) is 4.44. The molecule has 1 heterocycles. The highest BCUT2D eigenvalue weighted by molar-refractivity contribution is 6.46. The first-order chi connectivity index (χ1) is 17.4. The van der Waals surface area contributed by atoms with Crippen molar-refractivity contribution >= 4 is 17.4 Å². The summed E-state index contributed by atoms with van der Waals surface area (Å²) in [5, 5.41) is 11.4. The van der Waals surface area contributed by atoms with Crippen molar-refractivity contribution in [2.75, 3.05) is 27.9 Å². The molecule has 3 aromatic rings. The van der Waals surface area contributed by atoms with E-state index in [0.29, 0.717) is 29.0 Å². The summed E-state index contributed by atoms with van der Waals surface area (Å²) in [5.41, 5.74) is 2.96. The molecule has 0 aromatic heterocycles. The van der Waals surface area contributed by atoms with Crippen LogP contribution in [0.3, 0.4) is 0 Å². The lowest BCUT2D eigenvalue weighted by molar-refractivity contribution is -0.139. The van der Waals surface area contributed by atoms with E-state index in [9.17, 15) is 14.7 Å². The number of aliphatic hydroxyl groups excluding tert-OH is 1. The molecule has 36 heavy (non-hydrogen) atoms. The summed E-state index contributed by atoms with van der Waals surface area (Å²) in [7, 11) is 4.67. The highest BCUT2D eigenvalue weighted by atomic mass is 16.5. The number of hydrogen-bond donors (Lipinski definition) is 1. The minimum absolute atomic E-state index is 0.0313. The summed E-state index contributed by atoms with van der Waals surface area (Å²) in [6.45, 7) is 2.17. The third kappa shape index (κ3) is 4.77. The molecule has 0 radical (unpaired) electrons. The third-order valence-electron chi connectivity index (χ3n) is 6.38. The number of benzene rings is 3. The SMILES string of the molecule is COc1ccc(CCN2C(=O)C(=O)/C(=C(/O)c3cc(C)ccc3OC)C2c2ccc(OC)cc2)cc1. The van der Waals surface area contributed by atoms with Crippen LogP contribution in [0.1, 0.15) is 28.3 Å². The molecular weight excluding hydrogens is 458 g/mol. The maximum absolute atomic E-state index is 13.3. The topological polar surface area (TPSA) is 85.3 Å². The molecule has 4 rings (SSSR count). The van der Waals surface area contributed by atoms with Crippen LogP contribution in [0.4, 0.5) is 0 Å². The molecule has 3 aromatic carbocycles. The molecule has 1 N–H and O–H groups in total. The van der Waals surface area contributed by atoms with Crippen LogP contribution in [0, 0.1) is 6.92 Å². The number of Topliss-reactive ketones (excluding diaryl/α,β-unsaturated/α-hetero) is 1. The highest BCUT2D eigenvalue weighted by Gasteiger charge is 2.46. The average molecular weight is 488 g/mol. The quantitative estimate of drug-likeness (QED) is 0.282. The van der Waals surface area contributed by atoms with Crippen molar-refractivity contribution in [3.8, 4) is 17.2 Å². The van der Waals surface area contributed by atoms with Crippen LogP contribution < -0.4 is 14.2 Å². The van der Waals surface area contributed by atoms with Crippen LogP contribution in [-0.4, -0.2) is 49.6 Å². The van der Waals surface area contributed by atoms with E-state index in [0.717, 1.165) is 16.9 Å². The van der Waals surface area contributed by atoms with Crippen molar-refractivity contribution < 1.29 is 28.9 Å². The van der Waals surface area contributed by atoms with Crippen molar-refractivity contribution in [3.05, 3.63) is 94.6 Å². The van der Waals surface area contributed by atoms with Crippen molar-refractivity contribution in [2.24, 2.45) is 0 Å². The zero-order valence-electron chi connectivity index (χ0n) is 20.8. The first-order valence-electron chi connectivity index (χ1n) is 11.6. The van der Waals surface area contributed by atoms with E-state index in [1.165, 1.54) is 12.0 Å². The molecule has 0 saturated carbocycles. The molecule has 1 amide bonds. The number of aryl methyl sites for hydroxylation is 1. The van der Waals surface area contributed by atoms with Gasteiger partial charge in [0.15, 0.2) is 0 Å². The first kappa shape index (κ1) is 24.9. The van der Waals surface area contributed by atoms with Gasteiger partial charge in [0.1, 0.15) is 23.0 Å². The van der Waals surface area contributed by atoms with Gasteiger partial charge in [-0.1, -0.05) is 35.9 Å². The Morgan fingerprint density at radius 2 is 1.47 bits per heavy atom. The van der Waals surface area contributed by atoms with E-state index < -0.39 is 17.7 Å². The van der Waals surface area contributed by atoms with Crippen LogP contribution in [0.15, 0.2) is 72.3 Å². The Kier molecular flexibility index (Phi) is 7.29. The summed E-state index contributed by atoms with van der Waals surface area (Å²) < 4.78 is 15.9. The highest BCUT2D eigenvalue weighted by Crippen LogP contribution is 2.41. The normalized spacial score (nSPS) is 16.8. The summed E-state index contributed by atoms with van der Waals surface area (Å²) >= 11 is 0. The van der Waals surface area contributed by atoms with Crippen LogP contribution in [-0.2, 0) is 16.0 Å². The second-order valence-corrected chi connectivity index (χ2v) is 8.57. The molecule has 1 aliphatic heterocycles. The van der Waals surface area contributed by atoms with Gasteiger partial charge < -0.3 is 24.2 Å². The Balaban J connectivity index is 1.79. The van der Waals surface area contributed by atoms with Gasteiger partial charge in [-0.05, 0) is 60.9 Å². The van der Waals surface area contributed by atoms with Crippen LogP contribution in [0.2, 0.25) is 0 Å². The van der Waals surface area contributed by atoms with Gasteiger partial charge >= 0.3 is 0 Å². The van der Waals surface area contributed by atoms with E-state index >= 15 is 0 Å². The van der Waals surface area contributed by atoms with Gasteiger partial charge in [-0.25, -0.2) is 0 Å². The molecule has 7 nitrogen and oxygen atoms in total. The molecule has 1 saturated heterocycles. The predicted molar refractivity (Wildman–Crippen MR) is 136 cm³/mol. The fraction of sp³-hybridized carbons (Fsp3) is 0.241. The number of amides is 1. The van der Waals surface area contributed by atoms with Gasteiger partial charge in [0.05, 0.1) is 38.5 Å². The second-order valence-electron chi connectivity index (χ2n) is 8.57. The Labute approximate surface area is 210 Å². The van der Waals surface area contributed by atoms with E-state index in [1.807, 2.05) is 37.3 Å². The summed E-state index contributed by atoms with van der Waals surface area (Å²) in [6, 6.07) is 19.3. The molecule has 1 unspecified atom stereocenters. The van der Waals surface area contributed by atoms with Crippen molar-refractivity contribution in [1.82, 2.24) is 4.90 Å². The average Bonchev–Trinajstić information content (AvgIpc) is 3.16. The molecule has 1 atom stereocenters. The van der Waals surface area contributed by atoms with Crippen LogP contribution >= 0.6 is 0 Å². The maximum atomic E-state index is 13.3. The third-order valence-corrected chi connectivity index (χ3v) is 6.38. The molecule has 0 spiro atoms. The largest absolute Gasteiger partial charge is 0.507 e. The number of aliphatic hydroxyl groups is 1. The lowest BCUT2D eigenvalue weighted by Crippen LogP contribution is -2.31. The first-order valence-corrected chi connectivity index (χ1v) is 11.6. The van der Waals surface area contributed by atoms with Crippen LogP contribution in [0.5, 0.6) is 17.2 Å². The van der Waals surface area contributed by atoms with Crippen molar-refractivity contribution in [1.29, 1.82) is 0 Å². The minimum Gasteiger partial charge on any atom is -0.507 e. The molecule has 186 valence electrons. The van der Waals surface area contributed by atoms with E-state index in [4.69, 9.17) is 14.2 Å². The zero-order chi connectivity index (χ0) is 25.8. The number of likely N-dealkylation sites (tertiary alicyclic amines) is 1. The summed E-state index contributed by atoms with van der Waals surface area (Å²) in [4.78, 5) is 28.1. The number of methoxy groups -OCH3 is 3. The monoisotopic (exact) mass is 487 g/mol. The summed E-state index contributed by atoms with van der Waals surface area (Å²) in [6.07, 6.45) is 0.525. The zero-order valence-corrected chi connectivity index (χ0v) is 20.8. The molecule has 0 aliphatic carbocycles. The fourth-order valence-electron chi connectivity index (χ4n) is 4.44. The van der Waals surface area contributed by atoms with Gasteiger partial charge in [-0.2, -0.15) is 0 Å². The number of hydrogen-bond acceptors (Lipinski definition) is 6. The van der Waals surface area contributed by atoms with E-state index in [-0.39, 0.29) is 17.9 Å². The van der Waals surface area contributed by atoms with Gasteiger partial charge in [0.25, 0.3) is 11.7 Å². The molecule has 0 bridgehead atoms. The lowest BCUT2D eigenvalue weighted by Gasteiger charge is -2.25. The number of ether oxygens (including phenoxy) is 3. The Morgan fingerprint density at radius 1 is 0.861 bits per heavy atom. The van der Waals surface area contributed by atoms with E-state index in [2.05, 4.69) is 0 Å². The Morgan fingerprint density at radius 3 is 2.06 bits per heavy atom. The van der Waals surface area contributed by atoms with Gasteiger partial charge in [0.2, 0.25) is 0 Å². The number of carbonyl (C=O) groups is 2. The summed E-state index contributed by atoms with van der Waals surface area (Å²) in [5.74, 6) is 0.153. The number of ketones is 1. The van der Waals surface area contributed by atoms with Gasteiger partial charge in [-0.15, -0.1) is 0 Å².